The maximum Gasteiger partial charge on any atom is 0.139 e. The van der Waals surface area contributed by atoms with E-state index in [9.17, 15) is 4.39 Å². The average molecular weight is 350 g/mol. The van der Waals surface area contributed by atoms with Crippen LogP contribution in [0.5, 0.6) is 0 Å². The van der Waals surface area contributed by atoms with Crippen LogP contribution < -0.4 is 0 Å². The van der Waals surface area contributed by atoms with Gasteiger partial charge in [-0.15, -0.1) is 17.3 Å². The molecule has 5 heteroatoms. The van der Waals surface area contributed by atoms with Crippen molar-refractivity contribution in [3.8, 4) is 11.4 Å². The van der Waals surface area contributed by atoms with Crippen LogP contribution in [0.1, 0.15) is 16.8 Å². The molecular formula is C14H14FN2SY-. The summed E-state index contributed by atoms with van der Waals surface area (Å²) in [6, 6.07) is 6.58. The maximum absolute atomic E-state index is 14.1. The van der Waals surface area contributed by atoms with E-state index < -0.39 is 0 Å². The van der Waals surface area contributed by atoms with Gasteiger partial charge >= 0.3 is 0 Å². The summed E-state index contributed by atoms with van der Waals surface area (Å²) in [6.45, 7) is 5.48. The van der Waals surface area contributed by atoms with Gasteiger partial charge in [-0.1, -0.05) is 19.4 Å². The van der Waals surface area contributed by atoms with Crippen molar-refractivity contribution in [2.24, 2.45) is 0 Å². The third kappa shape index (κ3) is 3.83. The van der Waals surface area contributed by atoms with Crippen molar-refractivity contribution >= 4 is 11.8 Å². The first-order valence-electron chi connectivity index (χ1n) is 5.60. The second kappa shape index (κ2) is 6.91. The summed E-state index contributed by atoms with van der Waals surface area (Å²) in [5.41, 5.74) is 2.68. The van der Waals surface area contributed by atoms with E-state index in [4.69, 9.17) is 0 Å². The summed E-state index contributed by atoms with van der Waals surface area (Å²) >= 11 is 1.52. The van der Waals surface area contributed by atoms with Gasteiger partial charge in [0, 0.05) is 44.2 Å². The zero-order valence-electron chi connectivity index (χ0n) is 11.4. The monoisotopic (exact) mass is 350 g/mol. The smallest absolute Gasteiger partial charge is 0.139 e. The largest absolute Gasteiger partial charge is 0.283 e. The van der Waals surface area contributed by atoms with E-state index in [0.29, 0.717) is 17.0 Å². The fourth-order valence-electron chi connectivity index (χ4n) is 1.80. The molecule has 97 valence electrons. The number of aryl methyl sites for hydroxylation is 3. The van der Waals surface area contributed by atoms with Gasteiger partial charge in [-0.3, -0.25) is 4.39 Å². The van der Waals surface area contributed by atoms with Crippen LogP contribution in [-0.4, -0.2) is 16.2 Å². The molecule has 0 spiro atoms. The molecule has 0 bridgehead atoms. The van der Waals surface area contributed by atoms with Crippen LogP contribution in [0, 0.1) is 32.7 Å². The quantitative estimate of drug-likeness (QED) is 0.469. The number of nitrogens with zero attached hydrogens (tertiary/aromatic N) is 2. The Hall–Kier alpha value is -0.316. The second-order valence-corrected chi connectivity index (χ2v) is 5.01. The van der Waals surface area contributed by atoms with Gasteiger partial charge in [0.1, 0.15) is 5.82 Å². The number of hydrogen-bond donors (Lipinski definition) is 0. The van der Waals surface area contributed by atoms with Gasteiger partial charge < -0.3 is 0 Å². The summed E-state index contributed by atoms with van der Waals surface area (Å²) in [5, 5.41) is 0.847. The molecule has 0 amide bonds. The number of hydrogen-bond acceptors (Lipinski definition) is 3. The molecule has 0 saturated carbocycles. The molecule has 0 N–H and O–H groups in total. The molecule has 0 aliphatic heterocycles. The molecule has 2 nitrogen and oxygen atoms in total. The molecule has 1 heterocycles. The summed E-state index contributed by atoms with van der Waals surface area (Å²) in [4.78, 5) is 8.68. The van der Waals surface area contributed by atoms with E-state index in [-0.39, 0.29) is 38.5 Å². The number of rotatable bonds is 2. The third-order valence-electron chi connectivity index (χ3n) is 2.59. The maximum atomic E-state index is 14.1. The van der Waals surface area contributed by atoms with Gasteiger partial charge in [0.15, 0.2) is 0 Å². The fraction of sp³-hybridized carbons (Fsp3) is 0.286. The topological polar surface area (TPSA) is 25.8 Å². The predicted octanol–water partition coefficient (Wildman–Crippen LogP) is 3.73. The summed E-state index contributed by atoms with van der Waals surface area (Å²) < 4.78 is 14.1. The number of halogens is 1. The van der Waals surface area contributed by atoms with Crippen molar-refractivity contribution in [2.45, 2.75) is 25.8 Å². The van der Waals surface area contributed by atoms with Crippen LogP contribution in [0.2, 0.25) is 0 Å². The third-order valence-corrected chi connectivity index (χ3v) is 3.22. The van der Waals surface area contributed by atoms with Crippen molar-refractivity contribution in [1.29, 1.82) is 0 Å². The van der Waals surface area contributed by atoms with Crippen LogP contribution in [-0.2, 0) is 32.7 Å². The van der Waals surface area contributed by atoms with Crippen molar-refractivity contribution in [2.75, 3.05) is 6.26 Å². The van der Waals surface area contributed by atoms with E-state index in [2.05, 4.69) is 16.0 Å². The van der Waals surface area contributed by atoms with Crippen LogP contribution in [0.3, 0.4) is 0 Å². The minimum absolute atomic E-state index is 0. The van der Waals surface area contributed by atoms with Gasteiger partial charge in [0.05, 0.1) is 5.03 Å². The molecule has 0 saturated heterocycles. The molecule has 2 aromatic rings. The summed E-state index contributed by atoms with van der Waals surface area (Å²) in [5.74, 6) is 0.148. The van der Waals surface area contributed by atoms with E-state index >= 15 is 0 Å². The van der Waals surface area contributed by atoms with Gasteiger partial charge in [-0.2, -0.15) is 17.7 Å². The molecule has 0 unspecified atom stereocenters. The zero-order chi connectivity index (χ0) is 13.3. The molecule has 1 radical (unpaired) electrons. The Morgan fingerprint density at radius 1 is 1.16 bits per heavy atom. The zero-order valence-corrected chi connectivity index (χ0v) is 15.1. The van der Waals surface area contributed by atoms with Crippen LogP contribution >= 0.6 is 11.8 Å². The van der Waals surface area contributed by atoms with Gasteiger partial charge in [-0.05, 0) is 19.2 Å². The molecule has 1 aromatic carbocycles. The number of thioether (sulfide) groups is 1. The van der Waals surface area contributed by atoms with E-state index in [1.54, 1.807) is 13.0 Å². The first kappa shape index (κ1) is 16.7. The van der Waals surface area contributed by atoms with Crippen molar-refractivity contribution in [1.82, 2.24) is 9.97 Å². The molecule has 2 rings (SSSR count). The molecule has 1 aromatic heterocycles. The Bertz CT molecular complexity index is 602. The normalized spacial score (nSPS) is 10.2. The van der Waals surface area contributed by atoms with Crippen LogP contribution in [0.15, 0.2) is 17.2 Å². The first-order chi connectivity index (χ1) is 8.51. The van der Waals surface area contributed by atoms with Gasteiger partial charge in [-0.25, -0.2) is 9.97 Å². The Kier molecular flexibility index (Phi) is 6.09. The van der Waals surface area contributed by atoms with E-state index in [1.165, 1.54) is 11.8 Å². The van der Waals surface area contributed by atoms with Crippen molar-refractivity contribution in [3.05, 3.63) is 40.8 Å². The van der Waals surface area contributed by atoms with Crippen LogP contribution in [0.25, 0.3) is 11.4 Å². The molecule has 0 aliphatic rings. The van der Waals surface area contributed by atoms with E-state index in [1.807, 2.05) is 26.2 Å². The minimum Gasteiger partial charge on any atom is -0.283 e. The molecule has 0 atom stereocenters. The first-order valence-corrected chi connectivity index (χ1v) is 6.83. The predicted molar refractivity (Wildman–Crippen MR) is 72.3 cm³/mol. The number of benzene rings is 1. The standard InChI is InChI=1S/C14H14FN2S.Y/c1-8-5-9(2)13(15)11(6-8)14-16-10(3)7-12(17-14)18-4;/h6-7H,1-4H3;/q-1;. The second-order valence-electron chi connectivity index (χ2n) is 4.18. The van der Waals surface area contributed by atoms with Gasteiger partial charge in [0.2, 0.25) is 0 Å². The average Bonchev–Trinajstić information content (AvgIpc) is 2.32. The Morgan fingerprint density at radius 2 is 1.84 bits per heavy atom. The van der Waals surface area contributed by atoms with Crippen molar-refractivity contribution in [3.63, 3.8) is 0 Å². The van der Waals surface area contributed by atoms with E-state index in [0.717, 1.165) is 16.3 Å². The van der Waals surface area contributed by atoms with Crippen LogP contribution in [0.4, 0.5) is 4.39 Å². The molecule has 0 aliphatic carbocycles. The molecular weight excluding hydrogens is 336 g/mol. The van der Waals surface area contributed by atoms with Crippen molar-refractivity contribution < 1.29 is 37.1 Å². The summed E-state index contributed by atoms with van der Waals surface area (Å²) in [7, 11) is 0. The van der Waals surface area contributed by atoms with Gasteiger partial charge in [0.25, 0.3) is 0 Å². The molecule has 0 fully saturated rings. The Labute approximate surface area is 142 Å². The SMILES string of the molecule is CSc1cc(C)nc(-c2cc(C)[c-]c(C)c2F)n1.[Y]. The Morgan fingerprint density at radius 3 is 2.47 bits per heavy atom. The summed E-state index contributed by atoms with van der Waals surface area (Å²) in [6.07, 6.45) is 1.94. The number of aromatic nitrogens is 2. The Balaban J connectivity index is 0.00000180. The fourth-order valence-corrected chi connectivity index (χ4v) is 2.26. The molecule has 19 heavy (non-hydrogen) atoms. The minimum atomic E-state index is -0.293.